The monoisotopic (exact) mass is 498 g/mol. The van der Waals surface area contributed by atoms with Gasteiger partial charge in [0.1, 0.15) is 17.6 Å². The van der Waals surface area contributed by atoms with Gasteiger partial charge in [0.25, 0.3) is 0 Å². The number of carbonyl (C=O) groups excluding carboxylic acids is 1. The SMILES string of the molecule is COc1ccc([Si](C)(C)C(CCO)[C@H]2Oc3ccc(N4CCNCC4=O)cc3[C@@H](OC)[C@@H]2C)cc1. The number of methoxy groups -OCH3 is 2. The minimum atomic E-state index is -2.06. The molecule has 0 radical (unpaired) electrons. The molecule has 2 aliphatic heterocycles. The van der Waals surface area contributed by atoms with E-state index in [1.165, 1.54) is 5.19 Å². The van der Waals surface area contributed by atoms with Crippen molar-refractivity contribution < 1.29 is 24.1 Å². The summed E-state index contributed by atoms with van der Waals surface area (Å²) in [6.07, 6.45) is 0.401. The van der Waals surface area contributed by atoms with E-state index in [0.29, 0.717) is 19.5 Å². The lowest BCUT2D eigenvalue weighted by Crippen LogP contribution is -2.54. The molecule has 1 unspecified atom stereocenters. The van der Waals surface area contributed by atoms with Gasteiger partial charge in [-0.1, -0.05) is 37.3 Å². The maximum absolute atomic E-state index is 12.5. The van der Waals surface area contributed by atoms with E-state index in [1.54, 1.807) is 14.2 Å². The zero-order chi connectivity index (χ0) is 25.2. The zero-order valence-electron chi connectivity index (χ0n) is 21.4. The summed E-state index contributed by atoms with van der Waals surface area (Å²) in [7, 11) is 1.35. The van der Waals surface area contributed by atoms with Crippen LogP contribution in [0.2, 0.25) is 18.6 Å². The van der Waals surface area contributed by atoms with E-state index < -0.39 is 8.07 Å². The number of aliphatic hydroxyl groups is 1. The fourth-order valence-corrected chi connectivity index (χ4v) is 9.22. The Kier molecular flexibility index (Phi) is 7.85. The van der Waals surface area contributed by atoms with Crippen LogP contribution in [-0.2, 0) is 9.53 Å². The van der Waals surface area contributed by atoms with E-state index in [0.717, 1.165) is 29.3 Å². The molecule has 2 aromatic rings. The Labute approximate surface area is 209 Å². The first-order chi connectivity index (χ1) is 16.8. The number of anilines is 1. The van der Waals surface area contributed by atoms with E-state index >= 15 is 0 Å². The van der Waals surface area contributed by atoms with Crippen LogP contribution in [0.3, 0.4) is 0 Å². The van der Waals surface area contributed by atoms with Crippen LogP contribution >= 0.6 is 0 Å². The second kappa shape index (κ2) is 10.7. The van der Waals surface area contributed by atoms with Gasteiger partial charge in [0.15, 0.2) is 0 Å². The van der Waals surface area contributed by atoms with Crippen LogP contribution < -0.4 is 24.9 Å². The molecule has 7 nitrogen and oxygen atoms in total. The minimum Gasteiger partial charge on any atom is -0.497 e. The van der Waals surface area contributed by atoms with Crippen LogP contribution in [0.1, 0.15) is 25.0 Å². The molecular weight excluding hydrogens is 460 g/mol. The van der Waals surface area contributed by atoms with Crippen molar-refractivity contribution in [3.05, 3.63) is 48.0 Å². The molecule has 1 fully saturated rings. The lowest BCUT2D eigenvalue weighted by Gasteiger charge is -2.46. The second-order valence-corrected chi connectivity index (χ2v) is 14.9. The van der Waals surface area contributed by atoms with Gasteiger partial charge in [-0.25, -0.2) is 0 Å². The Hall–Kier alpha value is -2.39. The molecule has 0 spiro atoms. The number of aliphatic hydroxyl groups excluding tert-OH is 1. The number of rotatable bonds is 8. The van der Waals surface area contributed by atoms with Crippen molar-refractivity contribution >= 4 is 24.9 Å². The van der Waals surface area contributed by atoms with E-state index in [-0.39, 0.29) is 36.2 Å². The maximum atomic E-state index is 12.5. The van der Waals surface area contributed by atoms with Crippen LogP contribution in [0.4, 0.5) is 5.69 Å². The number of nitrogens with zero attached hydrogens (tertiary/aromatic N) is 1. The highest BCUT2D eigenvalue weighted by Crippen LogP contribution is 2.47. The quantitative estimate of drug-likeness (QED) is 0.545. The minimum absolute atomic E-state index is 0.0723. The number of ether oxygens (including phenoxy) is 3. The Balaban J connectivity index is 1.67. The van der Waals surface area contributed by atoms with Crippen LogP contribution in [-0.4, -0.2) is 65.7 Å². The summed E-state index contributed by atoms with van der Waals surface area (Å²) >= 11 is 0. The van der Waals surface area contributed by atoms with Crippen LogP contribution in [0.5, 0.6) is 11.5 Å². The molecule has 1 amide bonds. The third-order valence-corrected chi connectivity index (χ3v) is 12.1. The van der Waals surface area contributed by atoms with Crippen molar-refractivity contribution in [2.24, 2.45) is 5.92 Å². The molecular formula is C27H38N2O5Si. The van der Waals surface area contributed by atoms with Gasteiger partial charge in [-0.15, -0.1) is 0 Å². The van der Waals surface area contributed by atoms with Crippen molar-refractivity contribution in [1.82, 2.24) is 5.32 Å². The zero-order valence-corrected chi connectivity index (χ0v) is 22.4. The number of hydrogen-bond acceptors (Lipinski definition) is 6. The van der Waals surface area contributed by atoms with E-state index in [1.807, 2.05) is 35.2 Å². The molecule has 4 rings (SSSR count). The second-order valence-electron chi connectivity index (χ2n) is 10.1. The van der Waals surface area contributed by atoms with Crippen molar-refractivity contribution in [3.8, 4) is 11.5 Å². The first kappa shape index (κ1) is 25.7. The number of benzene rings is 2. The molecule has 0 bridgehead atoms. The standard InChI is InChI=1S/C27H38N2O5Si/c1-18-26(33-3)22-16-19(29-14-13-28-17-25(29)31)6-11-23(22)34-27(18)24(12-15-30)35(4,5)21-9-7-20(32-2)8-10-21/h6-11,16,18,24,26-28,30H,12-15,17H2,1-5H3/t18-,24?,26-,27-/m0/s1. The highest BCUT2D eigenvalue weighted by molar-refractivity contribution is 6.91. The fourth-order valence-electron chi connectivity index (χ4n) is 5.72. The van der Waals surface area contributed by atoms with Crippen LogP contribution in [0, 0.1) is 5.92 Å². The average molecular weight is 499 g/mol. The third-order valence-electron chi connectivity index (χ3n) is 7.81. The maximum Gasteiger partial charge on any atom is 0.240 e. The number of hydrogen-bond donors (Lipinski definition) is 2. The molecule has 190 valence electrons. The molecule has 4 atom stereocenters. The van der Waals surface area contributed by atoms with Crippen LogP contribution in [0.25, 0.3) is 0 Å². The van der Waals surface area contributed by atoms with Gasteiger partial charge in [-0.05, 0) is 42.3 Å². The Morgan fingerprint density at radius 3 is 2.57 bits per heavy atom. The number of nitrogens with one attached hydrogen (secondary N) is 1. The Morgan fingerprint density at radius 1 is 1.20 bits per heavy atom. The van der Waals surface area contributed by atoms with Crippen molar-refractivity contribution in [2.75, 3.05) is 45.4 Å². The van der Waals surface area contributed by atoms with Crippen molar-refractivity contribution in [2.45, 2.75) is 44.2 Å². The fraction of sp³-hybridized carbons (Fsp3) is 0.519. The first-order valence-electron chi connectivity index (χ1n) is 12.4. The van der Waals surface area contributed by atoms with Crippen LogP contribution in [0.15, 0.2) is 42.5 Å². The molecule has 2 heterocycles. The molecule has 0 aliphatic carbocycles. The molecule has 35 heavy (non-hydrogen) atoms. The van der Waals surface area contributed by atoms with Gasteiger partial charge in [-0.3, -0.25) is 4.79 Å². The topological polar surface area (TPSA) is 80.3 Å². The van der Waals surface area contributed by atoms with E-state index in [4.69, 9.17) is 14.2 Å². The highest BCUT2D eigenvalue weighted by Gasteiger charge is 2.47. The predicted molar refractivity (Wildman–Crippen MR) is 141 cm³/mol. The molecule has 2 aromatic carbocycles. The molecule has 0 aromatic heterocycles. The molecule has 8 heteroatoms. The summed E-state index contributed by atoms with van der Waals surface area (Å²) in [5.41, 5.74) is 2.04. The highest BCUT2D eigenvalue weighted by atomic mass is 28.3. The summed E-state index contributed by atoms with van der Waals surface area (Å²) < 4.78 is 18.1. The van der Waals surface area contributed by atoms with E-state index in [9.17, 15) is 9.90 Å². The normalized spacial score (nSPS) is 23.4. The first-order valence-corrected chi connectivity index (χ1v) is 15.5. The molecule has 1 saturated heterocycles. The predicted octanol–water partition coefficient (Wildman–Crippen LogP) is 3.08. The summed E-state index contributed by atoms with van der Waals surface area (Å²) in [6, 6.07) is 14.3. The van der Waals surface area contributed by atoms with E-state index in [2.05, 4.69) is 37.5 Å². The summed E-state index contributed by atoms with van der Waals surface area (Å²) in [5, 5.41) is 14.5. The molecule has 2 aliphatic rings. The number of amides is 1. The third kappa shape index (κ3) is 4.98. The average Bonchev–Trinajstić information content (AvgIpc) is 2.87. The van der Waals surface area contributed by atoms with Gasteiger partial charge in [0.05, 0.1) is 27.8 Å². The molecule has 0 saturated carbocycles. The number of fused-ring (bicyclic) bond motifs is 1. The number of piperazine rings is 1. The van der Waals surface area contributed by atoms with Crippen molar-refractivity contribution in [1.29, 1.82) is 0 Å². The smallest absolute Gasteiger partial charge is 0.240 e. The summed E-state index contributed by atoms with van der Waals surface area (Å²) in [6.45, 7) is 8.76. The largest absolute Gasteiger partial charge is 0.497 e. The van der Waals surface area contributed by atoms with Gasteiger partial charge < -0.3 is 29.5 Å². The lowest BCUT2D eigenvalue weighted by molar-refractivity contribution is -0.118. The summed E-state index contributed by atoms with van der Waals surface area (Å²) in [5.74, 6) is 1.78. The Bertz CT molecular complexity index is 1030. The summed E-state index contributed by atoms with van der Waals surface area (Å²) in [4.78, 5) is 14.3. The van der Waals surface area contributed by atoms with Gasteiger partial charge in [0, 0.05) is 44.0 Å². The Morgan fingerprint density at radius 2 is 1.94 bits per heavy atom. The van der Waals surface area contributed by atoms with Gasteiger partial charge >= 0.3 is 0 Å². The van der Waals surface area contributed by atoms with Gasteiger partial charge in [-0.2, -0.15) is 0 Å². The number of carbonyl (C=O) groups is 1. The van der Waals surface area contributed by atoms with Gasteiger partial charge in [0.2, 0.25) is 5.91 Å². The lowest BCUT2D eigenvalue weighted by atomic mass is 9.86. The van der Waals surface area contributed by atoms with Crippen molar-refractivity contribution in [3.63, 3.8) is 0 Å². The molecule has 2 N–H and O–H groups in total.